The van der Waals surface area contributed by atoms with Gasteiger partial charge in [-0.05, 0) is 30.3 Å². The highest BCUT2D eigenvalue weighted by molar-refractivity contribution is 6.30. The third-order valence-corrected chi connectivity index (χ3v) is 3.52. The molecule has 0 spiro atoms. The van der Waals surface area contributed by atoms with E-state index in [1.54, 1.807) is 36.4 Å². The fraction of sp³-hybridized carbons (Fsp3) is 0. The third kappa shape index (κ3) is 3.61. The molecule has 3 aromatic rings. The van der Waals surface area contributed by atoms with Crippen molar-refractivity contribution in [1.29, 1.82) is 0 Å². The molecular formula is C17H13ClN4O2. The minimum atomic E-state index is -0.436. The van der Waals surface area contributed by atoms with E-state index >= 15 is 0 Å². The largest absolute Gasteiger partial charge is 0.507 e. The van der Waals surface area contributed by atoms with Gasteiger partial charge in [0.05, 0.1) is 11.9 Å². The highest BCUT2D eigenvalue weighted by Gasteiger charge is 2.10. The number of carbonyl (C=O) groups excluding carboxylic acids is 1. The molecule has 0 aliphatic carbocycles. The van der Waals surface area contributed by atoms with Crippen LogP contribution < -0.4 is 5.43 Å². The molecule has 1 heterocycles. The predicted molar refractivity (Wildman–Crippen MR) is 92.2 cm³/mol. The molecule has 0 radical (unpaired) electrons. The lowest BCUT2D eigenvalue weighted by Gasteiger charge is -1.98. The van der Waals surface area contributed by atoms with Gasteiger partial charge in [0, 0.05) is 16.1 Å². The van der Waals surface area contributed by atoms with Crippen LogP contribution in [0, 0.1) is 0 Å². The lowest BCUT2D eigenvalue weighted by molar-refractivity contribution is 0.0950. The van der Waals surface area contributed by atoms with Crippen molar-refractivity contribution in [2.24, 2.45) is 5.10 Å². The van der Waals surface area contributed by atoms with Crippen molar-refractivity contribution in [2.75, 3.05) is 0 Å². The molecule has 0 saturated carbocycles. The number of nitrogens with zero attached hydrogens (tertiary/aromatic N) is 2. The standard InChI is InChI=1S/C17H13ClN4O2/c18-13-7-5-11(6-8-13)14-9-15(21-20-14)17(24)22-19-10-12-3-1-2-4-16(12)23/h1-10,23H,(H,20,21)(H,22,24). The number of nitrogens with one attached hydrogen (secondary N) is 2. The van der Waals surface area contributed by atoms with E-state index in [-0.39, 0.29) is 11.4 Å². The lowest BCUT2D eigenvalue weighted by atomic mass is 10.1. The Hall–Kier alpha value is -3.12. The van der Waals surface area contributed by atoms with Crippen LogP contribution in [0.1, 0.15) is 16.1 Å². The van der Waals surface area contributed by atoms with Crippen LogP contribution in [0.2, 0.25) is 5.02 Å². The number of hydrogen-bond donors (Lipinski definition) is 3. The van der Waals surface area contributed by atoms with Crippen molar-refractivity contribution in [1.82, 2.24) is 15.6 Å². The third-order valence-electron chi connectivity index (χ3n) is 3.27. The van der Waals surface area contributed by atoms with Crippen LogP contribution in [0.4, 0.5) is 0 Å². The van der Waals surface area contributed by atoms with E-state index in [1.165, 1.54) is 12.3 Å². The van der Waals surface area contributed by atoms with Crippen molar-refractivity contribution in [3.63, 3.8) is 0 Å². The number of rotatable bonds is 4. The average Bonchev–Trinajstić information content (AvgIpc) is 3.07. The highest BCUT2D eigenvalue weighted by atomic mass is 35.5. The van der Waals surface area contributed by atoms with E-state index < -0.39 is 5.91 Å². The number of aromatic nitrogens is 2. The number of amides is 1. The van der Waals surface area contributed by atoms with Crippen molar-refractivity contribution in [2.45, 2.75) is 0 Å². The predicted octanol–water partition coefficient (Wildman–Crippen LogP) is 3.20. The second-order valence-electron chi connectivity index (χ2n) is 4.93. The molecule has 0 bridgehead atoms. The number of phenols is 1. The molecule has 0 unspecified atom stereocenters. The number of phenolic OH excluding ortho intramolecular Hbond substituents is 1. The molecule has 6 nitrogen and oxygen atoms in total. The number of hydrazone groups is 1. The molecule has 7 heteroatoms. The van der Waals surface area contributed by atoms with Gasteiger partial charge in [-0.25, -0.2) is 5.43 Å². The summed E-state index contributed by atoms with van der Waals surface area (Å²) < 4.78 is 0. The molecule has 24 heavy (non-hydrogen) atoms. The number of hydrogen-bond acceptors (Lipinski definition) is 4. The van der Waals surface area contributed by atoms with E-state index in [4.69, 9.17) is 11.6 Å². The minimum Gasteiger partial charge on any atom is -0.507 e. The zero-order chi connectivity index (χ0) is 16.9. The Kier molecular flexibility index (Phi) is 4.58. The summed E-state index contributed by atoms with van der Waals surface area (Å²) in [5.41, 5.74) is 4.62. The SMILES string of the molecule is O=C(NN=Cc1ccccc1O)c1cc(-c2ccc(Cl)cc2)n[nH]1. The first-order valence-electron chi connectivity index (χ1n) is 7.06. The molecule has 0 saturated heterocycles. The number of halogens is 1. The van der Waals surface area contributed by atoms with Gasteiger partial charge in [-0.3, -0.25) is 9.89 Å². The summed E-state index contributed by atoms with van der Waals surface area (Å²) in [6.45, 7) is 0. The first-order valence-corrected chi connectivity index (χ1v) is 7.44. The molecule has 0 aliphatic heterocycles. The maximum atomic E-state index is 12.0. The number of H-pyrrole nitrogens is 1. The summed E-state index contributed by atoms with van der Waals surface area (Å²) in [7, 11) is 0. The van der Waals surface area contributed by atoms with Crippen LogP contribution in [-0.2, 0) is 0 Å². The van der Waals surface area contributed by atoms with Crippen molar-refractivity contribution in [3.8, 4) is 17.0 Å². The maximum absolute atomic E-state index is 12.0. The summed E-state index contributed by atoms with van der Waals surface area (Å²) in [4.78, 5) is 12.0. The van der Waals surface area contributed by atoms with Gasteiger partial charge in [0.15, 0.2) is 0 Å². The van der Waals surface area contributed by atoms with Crippen LogP contribution in [0.5, 0.6) is 5.75 Å². The average molecular weight is 341 g/mol. The molecule has 1 aromatic heterocycles. The molecular weight excluding hydrogens is 328 g/mol. The van der Waals surface area contributed by atoms with Gasteiger partial charge in [0.25, 0.3) is 5.91 Å². The normalized spacial score (nSPS) is 10.9. The monoisotopic (exact) mass is 340 g/mol. The van der Waals surface area contributed by atoms with E-state index in [9.17, 15) is 9.90 Å². The van der Waals surface area contributed by atoms with E-state index in [0.717, 1.165) is 5.56 Å². The molecule has 0 atom stereocenters. The summed E-state index contributed by atoms with van der Waals surface area (Å²) in [5.74, 6) is -0.351. The van der Waals surface area contributed by atoms with Crippen LogP contribution >= 0.6 is 11.6 Å². The Labute approximate surface area is 142 Å². The molecule has 3 N–H and O–H groups in total. The molecule has 1 amide bonds. The molecule has 120 valence electrons. The Bertz CT molecular complexity index is 888. The van der Waals surface area contributed by atoms with Crippen LogP contribution in [0.15, 0.2) is 59.7 Å². The smallest absolute Gasteiger partial charge is 0.289 e. The van der Waals surface area contributed by atoms with Gasteiger partial charge in [0.2, 0.25) is 0 Å². The molecule has 0 fully saturated rings. The number of aromatic amines is 1. The van der Waals surface area contributed by atoms with E-state index in [1.807, 2.05) is 12.1 Å². The fourth-order valence-corrected chi connectivity index (χ4v) is 2.15. The van der Waals surface area contributed by atoms with Crippen LogP contribution in [-0.4, -0.2) is 27.4 Å². The van der Waals surface area contributed by atoms with Gasteiger partial charge in [-0.15, -0.1) is 0 Å². The Balaban J connectivity index is 1.68. The summed E-state index contributed by atoms with van der Waals surface area (Å²) in [6.07, 6.45) is 1.36. The number of carbonyl (C=O) groups is 1. The maximum Gasteiger partial charge on any atom is 0.289 e. The summed E-state index contributed by atoms with van der Waals surface area (Å²) in [6, 6.07) is 15.4. The first kappa shape index (κ1) is 15.8. The van der Waals surface area contributed by atoms with Crippen molar-refractivity contribution >= 4 is 23.7 Å². The topological polar surface area (TPSA) is 90.4 Å². The van der Waals surface area contributed by atoms with Gasteiger partial charge in [0.1, 0.15) is 11.4 Å². The molecule has 0 aliphatic rings. The second-order valence-corrected chi connectivity index (χ2v) is 5.37. The fourth-order valence-electron chi connectivity index (χ4n) is 2.02. The minimum absolute atomic E-state index is 0.0852. The van der Waals surface area contributed by atoms with Gasteiger partial charge in [-0.1, -0.05) is 35.9 Å². The second kappa shape index (κ2) is 6.97. The quantitative estimate of drug-likeness (QED) is 0.503. The Morgan fingerprint density at radius 2 is 1.96 bits per heavy atom. The van der Waals surface area contributed by atoms with Crippen LogP contribution in [0.25, 0.3) is 11.3 Å². The van der Waals surface area contributed by atoms with Crippen LogP contribution in [0.3, 0.4) is 0 Å². The van der Waals surface area contributed by atoms with E-state index in [0.29, 0.717) is 16.3 Å². The lowest BCUT2D eigenvalue weighted by Crippen LogP contribution is -2.18. The number of aromatic hydroxyl groups is 1. The van der Waals surface area contributed by atoms with Gasteiger partial charge >= 0.3 is 0 Å². The van der Waals surface area contributed by atoms with Crippen molar-refractivity contribution in [3.05, 3.63) is 70.9 Å². The van der Waals surface area contributed by atoms with Gasteiger partial charge < -0.3 is 5.11 Å². The molecule has 3 rings (SSSR count). The van der Waals surface area contributed by atoms with E-state index in [2.05, 4.69) is 20.7 Å². The first-order chi connectivity index (χ1) is 11.6. The number of para-hydroxylation sites is 1. The molecule has 2 aromatic carbocycles. The van der Waals surface area contributed by atoms with Crippen molar-refractivity contribution < 1.29 is 9.90 Å². The Morgan fingerprint density at radius 3 is 2.71 bits per heavy atom. The zero-order valence-corrected chi connectivity index (χ0v) is 13.2. The van der Waals surface area contributed by atoms with Gasteiger partial charge in [-0.2, -0.15) is 10.2 Å². The number of benzene rings is 2. The summed E-state index contributed by atoms with van der Waals surface area (Å²) in [5, 5.41) is 20.8. The summed E-state index contributed by atoms with van der Waals surface area (Å²) >= 11 is 5.85. The highest BCUT2D eigenvalue weighted by Crippen LogP contribution is 2.20. The zero-order valence-electron chi connectivity index (χ0n) is 12.4. The Morgan fingerprint density at radius 1 is 1.21 bits per heavy atom.